The van der Waals surface area contributed by atoms with E-state index < -0.39 is 0 Å². The van der Waals surface area contributed by atoms with Crippen molar-refractivity contribution in [3.05, 3.63) is 65.0 Å². The molecule has 0 saturated heterocycles. The summed E-state index contributed by atoms with van der Waals surface area (Å²) in [6.07, 6.45) is 0. The van der Waals surface area contributed by atoms with Crippen LogP contribution in [0.3, 0.4) is 0 Å². The van der Waals surface area contributed by atoms with Gasteiger partial charge in [0.1, 0.15) is 0 Å². The molecule has 2 aromatic rings. The lowest BCUT2D eigenvalue weighted by atomic mass is 10.0. The Morgan fingerprint density at radius 2 is 1.82 bits per heavy atom. The Balaban J connectivity index is 2.47. The molecule has 1 aromatic carbocycles. The average Bonchev–Trinajstić information content (AvgIpc) is 2.71. The summed E-state index contributed by atoms with van der Waals surface area (Å²) in [5.74, 6) is 0. The maximum absolute atomic E-state index is 5.70. The SMILES string of the molecule is C=C(N)C(=C)c1scc(-c2ccccc2)c1C. The molecule has 1 aromatic heterocycles. The van der Waals surface area contributed by atoms with Crippen LogP contribution in [-0.2, 0) is 0 Å². The Kier molecular flexibility index (Phi) is 3.16. The van der Waals surface area contributed by atoms with Gasteiger partial charge in [0, 0.05) is 16.1 Å². The van der Waals surface area contributed by atoms with Gasteiger partial charge < -0.3 is 5.73 Å². The van der Waals surface area contributed by atoms with Crippen LogP contribution < -0.4 is 5.73 Å². The highest BCUT2D eigenvalue weighted by atomic mass is 32.1. The highest BCUT2D eigenvalue weighted by Gasteiger charge is 2.12. The molecule has 0 spiro atoms. The van der Waals surface area contributed by atoms with Gasteiger partial charge >= 0.3 is 0 Å². The molecule has 1 heterocycles. The predicted molar refractivity (Wildman–Crippen MR) is 76.9 cm³/mol. The van der Waals surface area contributed by atoms with Gasteiger partial charge in [-0.1, -0.05) is 43.5 Å². The molecule has 2 N–H and O–H groups in total. The lowest BCUT2D eigenvalue weighted by Gasteiger charge is -2.05. The molecule has 0 unspecified atom stereocenters. The van der Waals surface area contributed by atoms with E-state index in [9.17, 15) is 0 Å². The first-order chi connectivity index (χ1) is 8.11. The van der Waals surface area contributed by atoms with Gasteiger partial charge in [-0.25, -0.2) is 0 Å². The summed E-state index contributed by atoms with van der Waals surface area (Å²) in [6, 6.07) is 10.3. The molecule has 0 atom stereocenters. The quantitative estimate of drug-likeness (QED) is 0.800. The summed E-state index contributed by atoms with van der Waals surface area (Å²) < 4.78 is 0. The Hall–Kier alpha value is -1.80. The summed E-state index contributed by atoms with van der Waals surface area (Å²) in [5.41, 5.74) is 10.8. The van der Waals surface area contributed by atoms with Crippen molar-refractivity contribution in [2.24, 2.45) is 5.73 Å². The highest BCUT2D eigenvalue weighted by molar-refractivity contribution is 7.11. The first kappa shape index (κ1) is 11.7. The second kappa shape index (κ2) is 4.60. The fourth-order valence-corrected chi connectivity index (χ4v) is 2.87. The third kappa shape index (κ3) is 2.17. The predicted octanol–water partition coefficient (Wildman–Crippen LogP) is 4.21. The van der Waals surface area contributed by atoms with Crippen molar-refractivity contribution in [3.8, 4) is 11.1 Å². The molecule has 0 fully saturated rings. The number of benzene rings is 1. The van der Waals surface area contributed by atoms with E-state index in [2.05, 4.69) is 37.6 Å². The number of allylic oxidation sites excluding steroid dienone is 1. The van der Waals surface area contributed by atoms with Crippen molar-refractivity contribution in [3.63, 3.8) is 0 Å². The molecular weight excluding hydrogens is 226 g/mol. The lowest BCUT2D eigenvalue weighted by molar-refractivity contribution is 1.44. The van der Waals surface area contributed by atoms with Crippen LogP contribution in [0, 0.1) is 6.92 Å². The number of nitrogens with two attached hydrogens (primary N) is 1. The van der Waals surface area contributed by atoms with Gasteiger partial charge in [0.2, 0.25) is 0 Å². The van der Waals surface area contributed by atoms with E-state index in [4.69, 9.17) is 5.73 Å². The Bertz CT molecular complexity index is 564. The zero-order valence-corrected chi connectivity index (χ0v) is 10.7. The third-order valence-electron chi connectivity index (χ3n) is 2.79. The molecule has 0 amide bonds. The smallest absolute Gasteiger partial charge is 0.0392 e. The van der Waals surface area contributed by atoms with Crippen molar-refractivity contribution in [1.29, 1.82) is 0 Å². The fraction of sp³-hybridized carbons (Fsp3) is 0.0667. The molecule has 0 aliphatic heterocycles. The Labute approximate surface area is 106 Å². The molecule has 0 radical (unpaired) electrons. The van der Waals surface area contributed by atoms with Gasteiger partial charge in [0.25, 0.3) is 0 Å². The van der Waals surface area contributed by atoms with E-state index in [1.165, 1.54) is 16.7 Å². The molecule has 17 heavy (non-hydrogen) atoms. The standard InChI is InChI=1S/C15H15NS/c1-10(12(3)16)15-11(2)14(9-17-15)13-7-5-4-6-8-13/h4-9H,1,3,16H2,2H3. The van der Waals surface area contributed by atoms with Crippen LogP contribution in [0.15, 0.2) is 54.6 Å². The average molecular weight is 241 g/mol. The van der Waals surface area contributed by atoms with Crippen molar-refractivity contribution in [1.82, 2.24) is 0 Å². The van der Waals surface area contributed by atoms with Crippen LogP contribution in [0.5, 0.6) is 0 Å². The van der Waals surface area contributed by atoms with Crippen molar-refractivity contribution >= 4 is 16.9 Å². The lowest BCUT2D eigenvalue weighted by Crippen LogP contribution is -1.96. The van der Waals surface area contributed by atoms with Crippen LogP contribution >= 0.6 is 11.3 Å². The zero-order valence-electron chi connectivity index (χ0n) is 9.86. The van der Waals surface area contributed by atoms with E-state index in [0.717, 1.165) is 10.5 Å². The first-order valence-corrected chi connectivity index (χ1v) is 6.26. The monoisotopic (exact) mass is 241 g/mol. The Morgan fingerprint density at radius 3 is 2.41 bits per heavy atom. The summed E-state index contributed by atoms with van der Waals surface area (Å²) in [4.78, 5) is 1.12. The van der Waals surface area contributed by atoms with Crippen molar-refractivity contribution in [2.45, 2.75) is 6.92 Å². The normalized spacial score (nSPS) is 10.2. The summed E-state index contributed by atoms with van der Waals surface area (Å²) in [5, 5.41) is 2.15. The van der Waals surface area contributed by atoms with Crippen molar-refractivity contribution < 1.29 is 0 Å². The minimum Gasteiger partial charge on any atom is -0.399 e. The Morgan fingerprint density at radius 1 is 1.18 bits per heavy atom. The van der Waals surface area contributed by atoms with Gasteiger partial charge in [0.15, 0.2) is 0 Å². The largest absolute Gasteiger partial charge is 0.399 e. The van der Waals surface area contributed by atoms with Gasteiger partial charge in [-0.05, 0) is 29.0 Å². The molecule has 2 rings (SSSR count). The van der Waals surface area contributed by atoms with Crippen LogP contribution in [0.1, 0.15) is 10.4 Å². The van der Waals surface area contributed by atoms with Crippen LogP contribution in [-0.4, -0.2) is 0 Å². The maximum Gasteiger partial charge on any atom is 0.0392 e. The molecule has 0 aliphatic rings. The summed E-state index contributed by atoms with van der Waals surface area (Å²) >= 11 is 1.67. The van der Waals surface area contributed by atoms with E-state index in [1.807, 2.05) is 18.2 Å². The third-order valence-corrected chi connectivity index (χ3v) is 3.93. The van der Waals surface area contributed by atoms with Gasteiger partial charge in [-0.3, -0.25) is 0 Å². The van der Waals surface area contributed by atoms with E-state index in [0.29, 0.717) is 5.70 Å². The van der Waals surface area contributed by atoms with Gasteiger partial charge in [0.05, 0.1) is 0 Å². The first-order valence-electron chi connectivity index (χ1n) is 5.38. The topological polar surface area (TPSA) is 26.0 Å². The van der Waals surface area contributed by atoms with Crippen LogP contribution in [0.2, 0.25) is 0 Å². The van der Waals surface area contributed by atoms with Crippen LogP contribution in [0.25, 0.3) is 16.7 Å². The fourth-order valence-electron chi connectivity index (χ4n) is 1.76. The van der Waals surface area contributed by atoms with E-state index in [-0.39, 0.29) is 0 Å². The second-order valence-electron chi connectivity index (χ2n) is 3.97. The van der Waals surface area contributed by atoms with Gasteiger partial charge in [-0.15, -0.1) is 11.3 Å². The molecule has 86 valence electrons. The molecule has 1 nitrogen and oxygen atoms in total. The molecule has 0 saturated carbocycles. The maximum atomic E-state index is 5.70. The van der Waals surface area contributed by atoms with E-state index >= 15 is 0 Å². The molecule has 0 bridgehead atoms. The number of rotatable bonds is 3. The van der Waals surface area contributed by atoms with E-state index in [1.54, 1.807) is 11.3 Å². The minimum atomic E-state index is 0.537. The van der Waals surface area contributed by atoms with Crippen molar-refractivity contribution in [2.75, 3.05) is 0 Å². The minimum absolute atomic E-state index is 0.537. The highest BCUT2D eigenvalue weighted by Crippen LogP contribution is 2.35. The molecular formula is C15H15NS. The summed E-state index contributed by atoms with van der Waals surface area (Å²) in [7, 11) is 0. The second-order valence-corrected chi connectivity index (χ2v) is 4.85. The number of hydrogen-bond donors (Lipinski definition) is 1. The zero-order chi connectivity index (χ0) is 12.4. The van der Waals surface area contributed by atoms with Crippen LogP contribution in [0.4, 0.5) is 0 Å². The number of thiophene rings is 1. The molecule has 2 heteroatoms. The molecule has 0 aliphatic carbocycles. The number of hydrogen-bond acceptors (Lipinski definition) is 2. The van der Waals surface area contributed by atoms with Gasteiger partial charge in [-0.2, -0.15) is 0 Å². The summed E-state index contributed by atoms with van der Waals surface area (Å²) in [6.45, 7) is 9.82.